The molecule has 1 aromatic rings. The summed E-state index contributed by atoms with van der Waals surface area (Å²) in [6.07, 6.45) is 0.361. The second-order valence-corrected chi connectivity index (χ2v) is 4.46. The summed E-state index contributed by atoms with van der Waals surface area (Å²) in [6.45, 7) is 0.512. The Bertz CT molecular complexity index is 444. The highest BCUT2D eigenvalue weighted by atomic mass is 35.5. The first-order valence-corrected chi connectivity index (χ1v) is 5.68. The Morgan fingerprint density at radius 1 is 1.41 bits per heavy atom. The first-order valence-electron chi connectivity index (χ1n) is 5.24. The highest BCUT2D eigenvalue weighted by Crippen LogP contribution is 2.24. The Kier molecular flexibility index (Phi) is 3.33. The normalized spacial score (nSPS) is 19.5. The number of hydrogen-bond acceptors (Lipinski definition) is 3. The third-order valence-electron chi connectivity index (χ3n) is 2.68. The second-order valence-electron chi connectivity index (χ2n) is 3.84. The maximum absolute atomic E-state index is 11.6. The van der Waals surface area contributed by atoms with E-state index in [2.05, 4.69) is 4.74 Å². The molecule has 0 spiro atoms. The topological polar surface area (TPSA) is 46.6 Å². The molecule has 1 aliphatic heterocycles. The van der Waals surface area contributed by atoms with E-state index in [0.717, 1.165) is 5.69 Å². The summed E-state index contributed by atoms with van der Waals surface area (Å²) in [5.74, 6) is -0.379. The molecule has 0 aliphatic carbocycles. The molecule has 1 atom stereocenters. The van der Waals surface area contributed by atoms with Crippen molar-refractivity contribution in [2.45, 2.75) is 11.8 Å². The lowest BCUT2D eigenvalue weighted by atomic mass is 10.2. The predicted octanol–water partition coefficient (Wildman–Crippen LogP) is 1.82. The van der Waals surface area contributed by atoms with Gasteiger partial charge in [-0.3, -0.25) is 4.79 Å². The van der Waals surface area contributed by atoms with E-state index in [1.165, 1.54) is 7.11 Å². The standard InChI is InChI=1S/C12H12ClNO3/c1-17-12(16)8-2-4-10(5-3-8)14-7-9(13)6-11(14)15/h2-5,9H,6-7H2,1H3. The van der Waals surface area contributed by atoms with Crippen LogP contribution in [0.4, 0.5) is 5.69 Å². The number of alkyl halides is 1. The summed E-state index contributed by atoms with van der Waals surface area (Å²) in [4.78, 5) is 24.5. The lowest BCUT2D eigenvalue weighted by Gasteiger charge is -2.15. The molecule has 0 N–H and O–H groups in total. The number of anilines is 1. The van der Waals surface area contributed by atoms with Crippen LogP contribution in [-0.2, 0) is 9.53 Å². The van der Waals surface area contributed by atoms with E-state index in [1.54, 1.807) is 29.2 Å². The van der Waals surface area contributed by atoms with E-state index in [9.17, 15) is 9.59 Å². The molecular weight excluding hydrogens is 242 g/mol. The van der Waals surface area contributed by atoms with Gasteiger partial charge in [-0.1, -0.05) is 0 Å². The zero-order valence-corrected chi connectivity index (χ0v) is 10.1. The van der Waals surface area contributed by atoms with Crippen LogP contribution in [0.5, 0.6) is 0 Å². The number of nitrogens with zero attached hydrogens (tertiary/aromatic N) is 1. The molecule has 0 bridgehead atoms. The fourth-order valence-corrected chi connectivity index (χ4v) is 2.08. The summed E-state index contributed by atoms with van der Waals surface area (Å²) >= 11 is 5.92. The average Bonchev–Trinajstić information content (AvgIpc) is 2.68. The minimum atomic E-state index is -0.389. The van der Waals surface area contributed by atoms with E-state index >= 15 is 0 Å². The zero-order chi connectivity index (χ0) is 12.4. The van der Waals surface area contributed by atoms with Gasteiger partial charge >= 0.3 is 5.97 Å². The second kappa shape index (κ2) is 4.75. The summed E-state index contributed by atoms with van der Waals surface area (Å²) in [6, 6.07) is 6.71. The van der Waals surface area contributed by atoms with Gasteiger partial charge in [0.25, 0.3) is 0 Å². The van der Waals surface area contributed by atoms with Crippen molar-refractivity contribution in [1.82, 2.24) is 0 Å². The molecule has 1 saturated heterocycles. The zero-order valence-electron chi connectivity index (χ0n) is 9.35. The van der Waals surface area contributed by atoms with Gasteiger partial charge in [0.1, 0.15) is 0 Å². The SMILES string of the molecule is COC(=O)c1ccc(N2CC(Cl)CC2=O)cc1. The van der Waals surface area contributed by atoms with Crippen molar-refractivity contribution in [1.29, 1.82) is 0 Å². The lowest BCUT2D eigenvalue weighted by molar-refractivity contribution is -0.117. The number of ether oxygens (including phenoxy) is 1. The fourth-order valence-electron chi connectivity index (χ4n) is 1.81. The van der Waals surface area contributed by atoms with Crippen molar-refractivity contribution < 1.29 is 14.3 Å². The number of carbonyl (C=O) groups is 2. The van der Waals surface area contributed by atoms with Gasteiger partial charge in [-0.2, -0.15) is 0 Å². The first kappa shape index (κ1) is 11.9. The quantitative estimate of drug-likeness (QED) is 0.597. The highest BCUT2D eigenvalue weighted by molar-refractivity contribution is 6.24. The fraction of sp³-hybridized carbons (Fsp3) is 0.333. The van der Waals surface area contributed by atoms with Gasteiger partial charge in [-0.05, 0) is 24.3 Å². The molecule has 17 heavy (non-hydrogen) atoms. The summed E-state index contributed by atoms with van der Waals surface area (Å²) in [5.41, 5.74) is 1.22. The molecular formula is C12H12ClNO3. The van der Waals surface area contributed by atoms with Crippen molar-refractivity contribution >= 4 is 29.2 Å². The molecule has 1 unspecified atom stereocenters. The van der Waals surface area contributed by atoms with Crippen molar-refractivity contribution in [2.75, 3.05) is 18.6 Å². The van der Waals surface area contributed by atoms with Crippen LogP contribution in [0.1, 0.15) is 16.8 Å². The van der Waals surface area contributed by atoms with E-state index < -0.39 is 0 Å². The van der Waals surface area contributed by atoms with Gasteiger partial charge < -0.3 is 9.64 Å². The molecule has 90 valence electrons. The number of rotatable bonds is 2. The number of hydrogen-bond donors (Lipinski definition) is 0. The Morgan fingerprint density at radius 2 is 2.06 bits per heavy atom. The Hall–Kier alpha value is -1.55. The molecule has 0 saturated carbocycles. The maximum atomic E-state index is 11.6. The van der Waals surface area contributed by atoms with Crippen LogP contribution in [0, 0.1) is 0 Å². The molecule has 1 amide bonds. The number of esters is 1. The van der Waals surface area contributed by atoms with Gasteiger partial charge in [0.15, 0.2) is 0 Å². The van der Waals surface area contributed by atoms with Crippen LogP contribution in [0.3, 0.4) is 0 Å². The number of carbonyl (C=O) groups excluding carboxylic acids is 2. The number of halogens is 1. The first-order chi connectivity index (χ1) is 8.11. The largest absolute Gasteiger partial charge is 0.465 e. The van der Waals surface area contributed by atoms with Crippen LogP contribution in [0.25, 0.3) is 0 Å². The molecule has 0 aromatic heterocycles. The molecule has 2 rings (SSSR count). The van der Waals surface area contributed by atoms with E-state index in [0.29, 0.717) is 18.5 Å². The van der Waals surface area contributed by atoms with Crippen LogP contribution in [-0.4, -0.2) is 30.9 Å². The van der Waals surface area contributed by atoms with Crippen LogP contribution in [0.15, 0.2) is 24.3 Å². The van der Waals surface area contributed by atoms with Gasteiger partial charge in [-0.25, -0.2) is 4.79 Å². The number of amides is 1. The average molecular weight is 254 g/mol. The van der Waals surface area contributed by atoms with Crippen molar-refractivity contribution in [2.24, 2.45) is 0 Å². The van der Waals surface area contributed by atoms with Crippen molar-refractivity contribution in [3.63, 3.8) is 0 Å². The van der Waals surface area contributed by atoms with Crippen LogP contribution >= 0.6 is 11.6 Å². The van der Waals surface area contributed by atoms with Gasteiger partial charge in [0.2, 0.25) is 5.91 Å². The molecule has 1 aromatic carbocycles. The summed E-state index contributed by atoms with van der Waals surface area (Å²) < 4.78 is 4.60. The van der Waals surface area contributed by atoms with Crippen LogP contribution in [0.2, 0.25) is 0 Å². The Balaban J connectivity index is 2.18. The molecule has 4 nitrogen and oxygen atoms in total. The Morgan fingerprint density at radius 3 is 2.53 bits per heavy atom. The summed E-state index contributed by atoms with van der Waals surface area (Å²) in [7, 11) is 1.33. The number of benzene rings is 1. The summed E-state index contributed by atoms with van der Waals surface area (Å²) in [5, 5.41) is -0.136. The smallest absolute Gasteiger partial charge is 0.337 e. The highest BCUT2D eigenvalue weighted by Gasteiger charge is 2.29. The maximum Gasteiger partial charge on any atom is 0.337 e. The molecule has 1 heterocycles. The van der Waals surface area contributed by atoms with Gasteiger partial charge in [-0.15, -0.1) is 11.6 Å². The van der Waals surface area contributed by atoms with Gasteiger partial charge in [0.05, 0.1) is 18.1 Å². The van der Waals surface area contributed by atoms with Crippen molar-refractivity contribution in [3.8, 4) is 0 Å². The van der Waals surface area contributed by atoms with Gasteiger partial charge in [0, 0.05) is 18.7 Å². The van der Waals surface area contributed by atoms with E-state index in [-0.39, 0.29) is 17.3 Å². The third-order valence-corrected chi connectivity index (χ3v) is 2.97. The third kappa shape index (κ3) is 2.42. The Labute approximate surface area is 104 Å². The predicted molar refractivity (Wildman–Crippen MR) is 64.4 cm³/mol. The lowest BCUT2D eigenvalue weighted by Crippen LogP contribution is -2.24. The molecule has 5 heteroatoms. The van der Waals surface area contributed by atoms with Crippen molar-refractivity contribution in [3.05, 3.63) is 29.8 Å². The minimum absolute atomic E-state index is 0.0100. The monoisotopic (exact) mass is 253 g/mol. The minimum Gasteiger partial charge on any atom is -0.465 e. The van der Waals surface area contributed by atoms with Crippen LogP contribution < -0.4 is 4.90 Å². The van der Waals surface area contributed by atoms with E-state index in [1.807, 2.05) is 0 Å². The van der Waals surface area contributed by atoms with E-state index in [4.69, 9.17) is 11.6 Å². The molecule has 0 radical (unpaired) electrons. The molecule has 1 fully saturated rings. The molecule has 1 aliphatic rings. The number of methoxy groups -OCH3 is 1.